The van der Waals surface area contributed by atoms with E-state index in [1.54, 1.807) is 18.2 Å². The van der Waals surface area contributed by atoms with Crippen molar-refractivity contribution in [3.63, 3.8) is 0 Å². The molecule has 3 aromatic rings. The van der Waals surface area contributed by atoms with E-state index in [1.165, 1.54) is 31.4 Å². The van der Waals surface area contributed by atoms with Gasteiger partial charge >= 0.3 is 13.2 Å². The summed E-state index contributed by atoms with van der Waals surface area (Å²) < 4.78 is 85.8. The fourth-order valence-corrected chi connectivity index (χ4v) is 3.71. The van der Waals surface area contributed by atoms with E-state index < -0.39 is 23.2 Å². The van der Waals surface area contributed by atoms with Gasteiger partial charge in [0.1, 0.15) is 11.5 Å². The Bertz CT molecular complexity index is 1150. The Morgan fingerprint density at radius 3 is 2.26 bits per heavy atom. The first-order chi connectivity index (χ1) is 14.7. The summed E-state index contributed by atoms with van der Waals surface area (Å²) in [7, 11) is -2.79. The van der Waals surface area contributed by atoms with Gasteiger partial charge in [-0.05, 0) is 36.4 Å². The molecule has 0 amide bonds. The molecule has 0 aliphatic rings. The summed E-state index contributed by atoms with van der Waals surface area (Å²) in [5.74, 6) is -0.962. The molecule has 0 aliphatic heterocycles. The first kappa shape index (κ1) is 22.3. The Morgan fingerprint density at radius 2 is 1.61 bits per heavy atom. The van der Waals surface area contributed by atoms with Crippen LogP contribution in [0.4, 0.5) is 23.5 Å². The molecule has 3 rings (SSSR count). The maximum absolute atomic E-state index is 12.8. The molecule has 0 unspecified atom stereocenters. The van der Waals surface area contributed by atoms with E-state index in [4.69, 9.17) is 0 Å². The smallest absolute Gasteiger partial charge is 0.387 e. The van der Waals surface area contributed by atoms with Crippen molar-refractivity contribution in [1.82, 2.24) is 9.97 Å². The van der Waals surface area contributed by atoms with Gasteiger partial charge in [-0.1, -0.05) is 18.2 Å². The number of aromatic nitrogens is 2. The lowest BCUT2D eigenvalue weighted by molar-refractivity contribution is -0.0526. The maximum atomic E-state index is 12.8. The Hall–Kier alpha value is -3.41. The highest BCUT2D eigenvalue weighted by molar-refractivity contribution is 7.92. The molecular formula is C19H15F4N3O4S. The highest BCUT2D eigenvalue weighted by atomic mass is 32.2. The molecule has 0 bridgehead atoms. The van der Waals surface area contributed by atoms with Crippen molar-refractivity contribution in [1.29, 1.82) is 0 Å². The molecule has 2 aromatic carbocycles. The van der Waals surface area contributed by atoms with Crippen molar-refractivity contribution >= 4 is 16.0 Å². The molecule has 31 heavy (non-hydrogen) atoms. The predicted octanol–water partition coefficient (Wildman–Crippen LogP) is 4.17. The number of anilines is 1. The van der Waals surface area contributed by atoms with Crippen LogP contribution < -0.4 is 13.8 Å². The monoisotopic (exact) mass is 457 g/mol. The molecule has 1 heterocycles. The quantitative estimate of drug-likeness (QED) is 0.473. The van der Waals surface area contributed by atoms with Gasteiger partial charge in [0, 0.05) is 18.8 Å². The summed E-state index contributed by atoms with van der Waals surface area (Å²) in [4.78, 5) is 7.99. The van der Waals surface area contributed by atoms with Crippen molar-refractivity contribution < 1.29 is 35.5 Å². The second kappa shape index (κ2) is 9.16. The van der Waals surface area contributed by atoms with E-state index in [-0.39, 0.29) is 33.6 Å². The Morgan fingerprint density at radius 1 is 0.935 bits per heavy atom. The Balaban J connectivity index is 2.04. The normalized spacial score (nSPS) is 11.6. The maximum Gasteiger partial charge on any atom is 0.387 e. The molecule has 0 N–H and O–H groups in total. The van der Waals surface area contributed by atoms with E-state index in [2.05, 4.69) is 19.4 Å². The highest BCUT2D eigenvalue weighted by Gasteiger charge is 2.24. The van der Waals surface area contributed by atoms with Crippen LogP contribution in [0.2, 0.25) is 0 Å². The van der Waals surface area contributed by atoms with E-state index in [9.17, 15) is 26.0 Å². The van der Waals surface area contributed by atoms with Gasteiger partial charge in [-0.3, -0.25) is 0 Å². The zero-order valence-electron chi connectivity index (χ0n) is 15.8. The second-order valence-electron chi connectivity index (χ2n) is 5.94. The van der Waals surface area contributed by atoms with Crippen LogP contribution >= 0.6 is 0 Å². The number of sulfonamides is 1. The summed E-state index contributed by atoms with van der Waals surface area (Å²) in [5.41, 5.74) is -0.164. The van der Waals surface area contributed by atoms with Crippen LogP contribution in [0, 0.1) is 0 Å². The molecule has 0 fully saturated rings. The van der Waals surface area contributed by atoms with E-state index >= 15 is 0 Å². The minimum absolute atomic E-state index is 0.0134. The number of hydrogen-bond donors (Lipinski definition) is 0. The summed E-state index contributed by atoms with van der Waals surface area (Å²) in [6.45, 7) is -6.33. The van der Waals surface area contributed by atoms with Gasteiger partial charge in [0.05, 0.1) is 10.6 Å². The largest absolute Gasteiger partial charge is 0.435 e. The molecule has 0 saturated carbocycles. The van der Waals surface area contributed by atoms with Crippen LogP contribution in [0.25, 0.3) is 11.3 Å². The fraction of sp³-hybridized carbons (Fsp3) is 0.158. The van der Waals surface area contributed by atoms with Gasteiger partial charge in [-0.25, -0.2) is 22.7 Å². The number of ether oxygens (including phenoxy) is 2. The third-order valence-corrected chi connectivity index (χ3v) is 5.75. The number of halogens is 4. The first-order valence-corrected chi connectivity index (χ1v) is 10.0. The predicted molar refractivity (Wildman–Crippen MR) is 103 cm³/mol. The number of alkyl halides is 4. The minimum atomic E-state index is -4.01. The minimum Gasteiger partial charge on any atom is -0.435 e. The molecule has 0 atom stereocenters. The molecule has 7 nitrogen and oxygen atoms in total. The highest BCUT2D eigenvalue weighted by Crippen LogP contribution is 2.34. The summed E-state index contributed by atoms with van der Waals surface area (Å²) in [5, 5.41) is 0. The van der Waals surface area contributed by atoms with Crippen molar-refractivity contribution in [2.75, 3.05) is 11.4 Å². The average molecular weight is 457 g/mol. The SMILES string of the molecule is CN(c1nccc(-c2cc(OC(F)F)ccc2OC(F)F)n1)S(=O)(=O)c1ccccc1. The summed E-state index contributed by atoms with van der Waals surface area (Å²) >= 11 is 0. The van der Waals surface area contributed by atoms with E-state index in [0.717, 1.165) is 22.5 Å². The van der Waals surface area contributed by atoms with Crippen LogP contribution in [-0.2, 0) is 10.0 Å². The van der Waals surface area contributed by atoms with Crippen molar-refractivity contribution in [2.24, 2.45) is 0 Å². The lowest BCUT2D eigenvalue weighted by Crippen LogP contribution is -2.28. The lowest BCUT2D eigenvalue weighted by Gasteiger charge is -2.18. The average Bonchev–Trinajstić information content (AvgIpc) is 2.74. The number of hydrogen-bond acceptors (Lipinski definition) is 6. The van der Waals surface area contributed by atoms with Gasteiger partial charge in [-0.15, -0.1) is 0 Å². The third kappa shape index (κ3) is 5.20. The Kier molecular flexibility index (Phi) is 6.59. The number of rotatable bonds is 8. The van der Waals surface area contributed by atoms with Crippen molar-refractivity contribution in [2.45, 2.75) is 18.1 Å². The van der Waals surface area contributed by atoms with Crippen LogP contribution in [0.5, 0.6) is 11.5 Å². The second-order valence-corrected chi connectivity index (χ2v) is 7.91. The third-order valence-electron chi connectivity index (χ3n) is 3.99. The van der Waals surface area contributed by atoms with Gasteiger partial charge in [0.15, 0.2) is 0 Å². The zero-order chi connectivity index (χ0) is 22.6. The molecule has 1 aromatic heterocycles. The zero-order valence-corrected chi connectivity index (χ0v) is 16.6. The molecule has 0 spiro atoms. The van der Waals surface area contributed by atoms with Crippen LogP contribution in [-0.4, -0.2) is 38.7 Å². The molecule has 12 heteroatoms. The fourth-order valence-electron chi connectivity index (χ4n) is 2.59. The van der Waals surface area contributed by atoms with E-state index in [0.29, 0.717) is 0 Å². The molecule has 164 valence electrons. The molecule has 0 saturated heterocycles. The van der Waals surface area contributed by atoms with E-state index in [1.807, 2.05) is 0 Å². The van der Waals surface area contributed by atoms with Crippen molar-refractivity contribution in [3.05, 3.63) is 60.8 Å². The van der Waals surface area contributed by atoms with Gasteiger partial charge in [0.25, 0.3) is 10.0 Å². The Labute approximate surface area is 174 Å². The van der Waals surface area contributed by atoms with Crippen LogP contribution in [0.15, 0.2) is 65.7 Å². The summed E-state index contributed by atoms with van der Waals surface area (Å²) in [6, 6.07) is 11.9. The standard InChI is InChI=1S/C19H15F4N3O4S/c1-26(31(27,28)13-5-3-2-4-6-13)19-24-10-9-15(25-19)14-11-12(29-17(20)21)7-8-16(14)30-18(22)23/h2-11,17-18H,1H3. The molecular weight excluding hydrogens is 442 g/mol. The van der Waals surface area contributed by atoms with Gasteiger partial charge in [0.2, 0.25) is 5.95 Å². The molecule has 0 aliphatic carbocycles. The number of benzene rings is 2. The van der Waals surface area contributed by atoms with Gasteiger partial charge < -0.3 is 9.47 Å². The first-order valence-electron chi connectivity index (χ1n) is 8.59. The van der Waals surface area contributed by atoms with Crippen molar-refractivity contribution in [3.8, 4) is 22.8 Å². The topological polar surface area (TPSA) is 81.6 Å². The lowest BCUT2D eigenvalue weighted by atomic mass is 10.1. The summed E-state index contributed by atoms with van der Waals surface area (Å²) in [6.07, 6.45) is 1.20. The van der Waals surface area contributed by atoms with Gasteiger partial charge in [-0.2, -0.15) is 17.6 Å². The van der Waals surface area contributed by atoms with Crippen LogP contribution in [0.1, 0.15) is 0 Å². The molecule has 0 radical (unpaired) electrons. The number of nitrogens with zero attached hydrogens (tertiary/aromatic N) is 3. The van der Waals surface area contributed by atoms with Crippen LogP contribution in [0.3, 0.4) is 0 Å².